The van der Waals surface area contributed by atoms with Gasteiger partial charge in [0.25, 0.3) is 11.8 Å². The molecule has 0 spiro atoms. The molecule has 5 nitrogen and oxygen atoms in total. The topological polar surface area (TPSA) is 62.3 Å². The quantitative estimate of drug-likeness (QED) is 0.466. The molecule has 32 heavy (non-hydrogen) atoms. The zero-order chi connectivity index (χ0) is 22.3. The number of hydrogen-bond acceptors (Lipinski definition) is 3. The summed E-state index contributed by atoms with van der Waals surface area (Å²) in [7, 11) is 1.78. The van der Waals surface area contributed by atoms with Crippen molar-refractivity contribution in [3.63, 3.8) is 0 Å². The number of aromatic nitrogens is 1. The highest BCUT2D eigenvalue weighted by molar-refractivity contribution is 6.04. The second kappa shape index (κ2) is 9.71. The van der Waals surface area contributed by atoms with Crippen LogP contribution < -0.4 is 5.32 Å². The van der Waals surface area contributed by atoms with Gasteiger partial charge in [0, 0.05) is 30.1 Å². The smallest absolute Gasteiger partial charge is 0.255 e. The summed E-state index contributed by atoms with van der Waals surface area (Å²) < 4.78 is 0. The van der Waals surface area contributed by atoms with Crippen molar-refractivity contribution in [2.45, 2.75) is 6.04 Å². The van der Waals surface area contributed by atoms with Gasteiger partial charge in [-0.15, -0.1) is 0 Å². The summed E-state index contributed by atoms with van der Waals surface area (Å²) in [5.41, 5.74) is 3.51. The monoisotopic (exact) mass is 421 g/mol. The number of hydrogen-bond donors (Lipinski definition) is 1. The van der Waals surface area contributed by atoms with Crippen LogP contribution in [0.15, 0.2) is 109 Å². The number of anilines is 1. The first-order valence-electron chi connectivity index (χ1n) is 10.3. The largest absolute Gasteiger partial charge is 0.329 e. The molecule has 0 aliphatic heterocycles. The Morgan fingerprint density at radius 1 is 0.750 bits per heavy atom. The second-order valence-corrected chi connectivity index (χ2v) is 7.38. The van der Waals surface area contributed by atoms with Gasteiger partial charge < -0.3 is 10.2 Å². The Morgan fingerprint density at radius 3 is 2.00 bits per heavy atom. The predicted octanol–water partition coefficient (Wildman–Crippen LogP) is 5.20. The van der Waals surface area contributed by atoms with Crippen LogP contribution in [0.25, 0.3) is 0 Å². The maximum Gasteiger partial charge on any atom is 0.255 e. The van der Waals surface area contributed by atoms with Crippen LogP contribution in [-0.4, -0.2) is 28.7 Å². The first kappa shape index (κ1) is 21.0. The third kappa shape index (κ3) is 4.73. The molecule has 3 aromatic carbocycles. The lowest BCUT2D eigenvalue weighted by Crippen LogP contribution is -2.32. The molecule has 0 saturated heterocycles. The second-order valence-electron chi connectivity index (χ2n) is 7.38. The van der Waals surface area contributed by atoms with Crippen LogP contribution in [-0.2, 0) is 0 Å². The Bertz CT molecular complexity index is 1140. The van der Waals surface area contributed by atoms with Crippen LogP contribution in [0.1, 0.15) is 38.0 Å². The van der Waals surface area contributed by atoms with E-state index in [9.17, 15) is 9.59 Å². The lowest BCUT2D eigenvalue weighted by molar-refractivity contribution is 0.0752. The van der Waals surface area contributed by atoms with E-state index < -0.39 is 0 Å². The number of nitrogens with zero attached hydrogens (tertiary/aromatic N) is 2. The molecule has 5 heteroatoms. The number of carbonyl (C=O) groups excluding carboxylic acids is 2. The van der Waals surface area contributed by atoms with E-state index in [2.05, 4.69) is 10.3 Å². The van der Waals surface area contributed by atoms with Gasteiger partial charge in [-0.05, 0) is 54.1 Å². The van der Waals surface area contributed by atoms with Gasteiger partial charge in [-0.3, -0.25) is 14.6 Å². The van der Waals surface area contributed by atoms with E-state index in [-0.39, 0.29) is 17.9 Å². The number of rotatable bonds is 6. The minimum absolute atomic E-state index is 0.134. The van der Waals surface area contributed by atoms with Crippen molar-refractivity contribution in [2.24, 2.45) is 0 Å². The molecule has 158 valence electrons. The van der Waals surface area contributed by atoms with Crippen molar-refractivity contribution in [2.75, 3.05) is 12.4 Å². The third-order valence-electron chi connectivity index (χ3n) is 5.22. The SMILES string of the molecule is CN(C(=O)c1ccc(NC(=O)c2ccccc2)cc1)C(c1ccccc1)c1ccccn1. The molecule has 2 amide bonds. The van der Waals surface area contributed by atoms with Gasteiger partial charge >= 0.3 is 0 Å². The molecule has 0 bridgehead atoms. The van der Waals surface area contributed by atoms with Gasteiger partial charge in [0.15, 0.2) is 0 Å². The van der Waals surface area contributed by atoms with Gasteiger partial charge in [0.05, 0.1) is 11.7 Å². The van der Waals surface area contributed by atoms with Crippen LogP contribution in [0.4, 0.5) is 5.69 Å². The Labute approximate surface area is 187 Å². The van der Waals surface area contributed by atoms with Gasteiger partial charge in [-0.25, -0.2) is 0 Å². The Morgan fingerprint density at radius 2 is 1.38 bits per heavy atom. The van der Waals surface area contributed by atoms with E-state index in [0.29, 0.717) is 16.8 Å². The molecule has 0 saturated carbocycles. The third-order valence-corrected chi connectivity index (χ3v) is 5.22. The lowest BCUT2D eigenvalue weighted by atomic mass is 10.0. The summed E-state index contributed by atoms with van der Waals surface area (Å²) in [5.74, 6) is -0.327. The maximum atomic E-state index is 13.3. The molecule has 0 radical (unpaired) electrons. The fourth-order valence-corrected chi connectivity index (χ4v) is 3.58. The van der Waals surface area contributed by atoms with E-state index in [1.54, 1.807) is 54.5 Å². The van der Waals surface area contributed by atoms with Crippen LogP contribution in [0.5, 0.6) is 0 Å². The van der Waals surface area contributed by atoms with Crippen LogP contribution >= 0.6 is 0 Å². The molecule has 4 aromatic rings. The summed E-state index contributed by atoms with van der Waals surface area (Å²) >= 11 is 0. The summed E-state index contributed by atoms with van der Waals surface area (Å²) in [6.45, 7) is 0. The number of amides is 2. The molecule has 1 heterocycles. The lowest BCUT2D eigenvalue weighted by Gasteiger charge is -2.28. The highest BCUT2D eigenvalue weighted by Gasteiger charge is 2.25. The zero-order valence-electron chi connectivity index (χ0n) is 17.7. The summed E-state index contributed by atoms with van der Waals surface area (Å²) in [5, 5.41) is 2.85. The van der Waals surface area contributed by atoms with Crippen molar-refractivity contribution in [1.82, 2.24) is 9.88 Å². The van der Waals surface area contributed by atoms with Gasteiger partial charge in [0.1, 0.15) is 0 Å². The summed E-state index contributed by atoms with van der Waals surface area (Å²) in [6, 6.07) is 31.1. The minimum Gasteiger partial charge on any atom is -0.329 e. The van der Waals surface area contributed by atoms with Gasteiger partial charge in [-0.1, -0.05) is 54.6 Å². The molecular weight excluding hydrogens is 398 g/mol. The van der Waals surface area contributed by atoms with E-state index >= 15 is 0 Å². The van der Waals surface area contributed by atoms with Crippen LogP contribution in [0.2, 0.25) is 0 Å². The van der Waals surface area contributed by atoms with E-state index in [4.69, 9.17) is 0 Å². The van der Waals surface area contributed by atoms with Gasteiger partial charge in [0.2, 0.25) is 0 Å². The molecule has 0 aliphatic rings. The normalized spacial score (nSPS) is 11.4. The molecule has 1 atom stereocenters. The van der Waals surface area contributed by atoms with Crippen molar-refractivity contribution < 1.29 is 9.59 Å². The first-order valence-corrected chi connectivity index (χ1v) is 10.3. The van der Waals surface area contributed by atoms with Crippen LogP contribution in [0.3, 0.4) is 0 Å². The standard InChI is InChI=1S/C27H23N3O2/c1-30(25(20-10-4-2-5-11-20)24-14-8-9-19-28-24)27(32)22-15-17-23(18-16-22)29-26(31)21-12-6-3-7-13-21/h2-19,25H,1H3,(H,29,31). The predicted molar refractivity (Wildman–Crippen MR) is 125 cm³/mol. The fourth-order valence-electron chi connectivity index (χ4n) is 3.58. The zero-order valence-corrected chi connectivity index (χ0v) is 17.7. The van der Waals surface area contributed by atoms with E-state index in [0.717, 1.165) is 11.3 Å². The average molecular weight is 422 g/mol. The first-order chi connectivity index (χ1) is 15.6. The summed E-state index contributed by atoms with van der Waals surface area (Å²) in [6.07, 6.45) is 1.73. The maximum absolute atomic E-state index is 13.3. The minimum atomic E-state index is -0.317. The highest BCUT2D eigenvalue weighted by Crippen LogP contribution is 2.27. The molecule has 1 N–H and O–H groups in total. The molecule has 0 aliphatic carbocycles. The average Bonchev–Trinajstić information content (AvgIpc) is 2.86. The number of pyridine rings is 1. The van der Waals surface area contributed by atoms with Gasteiger partial charge in [-0.2, -0.15) is 0 Å². The molecular formula is C27H23N3O2. The van der Waals surface area contributed by atoms with Crippen molar-refractivity contribution in [1.29, 1.82) is 0 Å². The highest BCUT2D eigenvalue weighted by atomic mass is 16.2. The number of carbonyl (C=O) groups is 2. The Balaban J connectivity index is 1.54. The summed E-state index contributed by atoms with van der Waals surface area (Å²) in [4.78, 5) is 31.8. The Kier molecular flexibility index (Phi) is 6.37. The van der Waals surface area contributed by atoms with Crippen LogP contribution in [0, 0.1) is 0 Å². The van der Waals surface area contributed by atoms with Crippen molar-refractivity contribution >= 4 is 17.5 Å². The van der Waals surface area contributed by atoms with E-state index in [1.807, 2.05) is 66.7 Å². The van der Waals surface area contributed by atoms with Crippen molar-refractivity contribution in [3.8, 4) is 0 Å². The van der Waals surface area contributed by atoms with Crippen molar-refractivity contribution in [3.05, 3.63) is 132 Å². The number of benzene rings is 3. The molecule has 1 unspecified atom stereocenters. The molecule has 4 rings (SSSR count). The molecule has 0 fully saturated rings. The Hall–Kier alpha value is -4.25. The number of nitrogens with one attached hydrogen (secondary N) is 1. The van der Waals surface area contributed by atoms with E-state index in [1.165, 1.54) is 0 Å². The molecule has 1 aromatic heterocycles. The fraction of sp³-hybridized carbons (Fsp3) is 0.0741.